The summed E-state index contributed by atoms with van der Waals surface area (Å²) in [6, 6.07) is 1.89. The summed E-state index contributed by atoms with van der Waals surface area (Å²) in [4.78, 5) is 0. The van der Waals surface area contributed by atoms with Crippen molar-refractivity contribution in [1.29, 1.82) is 0 Å². The zero-order valence-electron chi connectivity index (χ0n) is 14.4. The first-order valence-electron chi connectivity index (χ1n) is 9.13. The normalized spacial score (nSPS) is 25.2. The van der Waals surface area contributed by atoms with Crippen molar-refractivity contribution in [3.63, 3.8) is 0 Å². The van der Waals surface area contributed by atoms with E-state index in [2.05, 4.69) is 5.10 Å². The Kier molecular flexibility index (Phi) is 4.85. The van der Waals surface area contributed by atoms with Gasteiger partial charge >= 0.3 is 0 Å². The van der Waals surface area contributed by atoms with E-state index >= 15 is 0 Å². The second-order valence-electron chi connectivity index (χ2n) is 7.13. The molecular weight excluding hydrogens is 344 g/mol. The number of hydrogen-bond acceptors (Lipinski definition) is 5. The number of aliphatic hydroxyl groups is 1. The average Bonchev–Trinajstić information content (AvgIpc) is 2.85. The Hall–Kier alpha value is -1.00. The lowest BCUT2D eigenvalue weighted by molar-refractivity contribution is 0.0581. The zero-order valence-corrected chi connectivity index (χ0v) is 15.2. The minimum Gasteiger partial charge on any atom is -0.386 e. The highest BCUT2D eigenvalue weighted by atomic mass is 32.2. The molecule has 0 amide bonds. The van der Waals surface area contributed by atoms with E-state index in [0.29, 0.717) is 57.5 Å². The van der Waals surface area contributed by atoms with Gasteiger partial charge in [-0.25, -0.2) is 0 Å². The van der Waals surface area contributed by atoms with E-state index < -0.39 is 16.3 Å². The Morgan fingerprint density at radius 3 is 2.56 bits per heavy atom. The van der Waals surface area contributed by atoms with Gasteiger partial charge in [0.05, 0.1) is 31.1 Å². The highest BCUT2D eigenvalue weighted by Crippen LogP contribution is 2.37. The minimum absolute atomic E-state index is 0.298. The Labute approximate surface area is 148 Å². The van der Waals surface area contributed by atoms with Crippen LogP contribution in [0.25, 0.3) is 0 Å². The van der Waals surface area contributed by atoms with Crippen molar-refractivity contribution in [2.45, 2.75) is 44.9 Å². The smallest absolute Gasteiger partial charge is 0.282 e. The predicted molar refractivity (Wildman–Crippen MR) is 90.9 cm³/mol. The van der Waals surface area contributed by atoms with Crippen LogP contribution in [0.3, 0.4) is 0 Å². The summed E-state index contributed by atoms with van der Waals surface area (Å²) in [6.07, 6.45) is 3.44. The summed E-state index contributed by atoms with van der Waals surface area (Å²) in [7, 11) is -3.49. The lowest BCUT2D eigenvalue weighted by Gasteiger charge is -2.31. The molecule has 1 saturated heterocycles. The van der Waals surface area contributed by atoms with E-state index in [0.717, 1.165) is 25.0 Å². The molecule has 3 heterocycles. The number of hydrogen-bond donors (Lipinski definition) is 1. The highest BCUT2D eigenvalue weighted by molar-refractivity contribution is 7.86. The van der Waals surface area contributed by atoms with Gasteiger partial charge in [0.15, 0.2) is 0 Å². The number of aliphatic hydroxyl groups excluding tert-OH is 1. The molecule has 25 heavy (non-hydrogen) atoms. The first-order valence-corrected chi connectivity index (χ1v) is 10.5. The van der Waals surface area contributed by atoms with Gasteiger partial charge in [-0.1, -0.05) is 6.42 Å². The van der Waals surface area contributed by atoms with E-state index in [4.69, 9.17) is 4.74 Å². The van der Waals surface area contributed by atoms with E-state index in [9.17, 15) is 13.5 Å². The monoisotopic (exact) mass is 370 g/mol. The van der Waals surface area contributed by atoms with Crippen molar-refractivity contribution in [3.05, 3.63) is 17.5 Å². The number of aromatic nitrogens is 2. The van der Waals surface area contributed by atoms with Crippen LogP contribution in [0, 0.1) is 5.92 Å². The fraction of sp³-hybridized carbons (Fsp3) is 0.812. The van der Waals surface area contributed by atoms with E-state index in [1.807, 2.05) is 10.7 Å². The molecule has 140 valence electrons. The maximum Gasteiger partial charge on any atom is 0.282 e. The van der Waals surface area contributed by atoms with Gasteiger partial charge < -0.3 is 9.84 Å². The Balaban J connectivity index is 1.53. The van der Waals surface area contributed by atoms with Crippen LogP contribution in [0.15, 0.2) is 6.07 Å². The molecule has 2 aliphatic heterocycles. The predicted octanol–water partition coefficient (Wildman–Crippen LogP) is 0.499. The summed E-state index contributed by atoms with van der Waals surface area (Å²) < 4.78 is 36.0. The standard InChI is InChI=1S/C16H26N4O4S/c21-16(13-3-1-4-13)15-11-14-12-19(5-2-6-20(14)17-15)25(22,23)18-7-9-24-10-8-18/h11,13,16,21H,1-10,12H2. The first kappa shape index (κ1) is 17.4. The largest absolute Gasteiger partial charge is 0.386 e. The summed E-state index contributed by atoms with van der Waals surface area (Å²) in [5.74, 6) is 0.298. The number of morpholine rings is 1. The molecule has 1 N–H and O–H groups in total. The SMILES string of the molecule is O=S(=O)(N1CCOCC1)N1CCCn2nc(C(O)C3CCC3)cc2C1. The lowest BCUT2D eigenvalue weighted by atomic mass is 9.80. The molecule has 0 aromatic carbocycles. The van der Waals surface area contributed by atoms with E-state index in [1.54, 1.807) is 4.31 Å². The maximum atomic E-state index is 12.9. The second kappa shape index (κ2) is 6.96. The van der Waals surface area contributed by atoms with Crippen LogP contribution in [-0.2, 0) is 28.0 Å². The van der Waals surface area contributed by atoms with Gasteiger partial charge in [-0.15, -0.1) is 0 Å². The first-order chi connectivity index (χ1) is 12.1. The summed E-state index contributed by atoms with van der Waals surface area (Å²) in [5.41, 5.74) is 1.55. The van der Waals surface area contributed by atoms with E-state index in [-0.39, 0.29) is 0 Å². The molecule has 9 heteroatoms. The summed E-state index contributed by atoms with van der Waals surface area (Å²) in [5, 5.41) is 15.0. The van der Waals surface area contributed by atoms with Gasteiger partial charge in [-0.05, 0) is 31.2 Å². The quantitative estimate of drug-likeness (QED) is 0.834. The molecular formula is C16H26N4O4S. The van der Waals surface area contributed by atoms with Gasteiger partial charge in [0, 0.05) is 26.2 Å². The molecule has 1 aromatic heterocycles. The lowest BCUT2D eigenvalue weighted by Crippen LogP contribution is -2.48. The summed E-state index contributed by atoms with van der Waals surface area (Å²) >= 11 is 0. The van der Waals surface area contributed by atoms with Crippen LogP contribution < -0.4 is 0 Å². The number of aryl methyl sites for hydroxylation is 1. The highest BCUT2D eigenvalue weighted by Gasteiger charge is 2.34. The fourth-order valence-electron chi connectivity index (χ4n) is 3.73. The van der Waals surface area contributed by atoms with Crippen LogP contribution in [0.4, 0.5) is 0 Å². The van der Waals surface area contributed by atoms with E-state index in [1.165, 1.54) is 10.7 Å². The molecule has 1 atom stereocenters. The fourth-order valence-corrected chi connectivity index (χ4v) is 5.33. The van der Waals surface area contributed by atoms with Crippen molar-refractivity contribution < 1.29 is 18.3 Å². The van der Waals surface area contributed by atoms with Crippen molar-refractivity contribution in [1.82, 2.24) is 18.4 Å². The number of ether oxygens (including phenoxy) is 1. The van der Waals surface area contributed by atoms with Crippen LogP contribution >= 0.6 is 0 Å². The van der Waals surface area contributed by atoms with Crippen molar-refractivity contribution >= 4 is 10.2 Å². The molecule has 3 aliphatic rings. The Morgan fingerprint density at radius 2 is 1.88 bits per heavy atom. The molecule has 1 aliphatic carbocycles. The zero-order chi connectivity index (χ0) is 17.4. The summed E-state index contributed by atoms with van der Waals surface area (Å²) in [6.45, 7) is 3.19. The third-order valence-corrected chi connectivity index (χ3v) is 7.50. The molecule has 0 bridgehead atoms. The van der Waals surface area contributed by atoms with Gasteiger partial charge in [0.25, 0.3) is 10.2 Å². The van der Waals surface area contributed by atoms with Crippen molar-refractivity contribution in [3.8, 4) is 0 Å². The number of fused-ring (bicyclic) bond motifs is 1. The number of nitrogens with zero attached hydrogens (tertiary/aromatic N) is 4. The van der Waals surface area contributed by atoms with Gasteiger partial charge in [-0.2, -0.15) is 22.1 Å². The van der Waals surface area contributed by atoms with Crippen LogP contribution in [0.5, 0.6) is 0 Å². The van der Waals surface area contributed by atoms with Crippen molar-refractivity contribution in [2.24, 2.45) is 5.92 Å². The maximum absolute atomic E-state index is 12.9. The molecule has 8 nitrogen and oxygen atoms in total. The average molecular weight is 370 g/mol. The topological polar surface area (TPSA) is 87.9 Å². The second-order valence-corrected chi connectivity index (χ2v) is 9.05. The van der Waals surface area contributed by atoms with Gasteiger partial charge in [0.1, 0.15) is 6.10 Å². The van der Waals surface area contributed by atoms with Gasteiger partial charge in [0.2, 0.25) is 0 Å². The molecule has 0 radical (unpaired) electrons. The third-order valence-electron chi connectivity index (χ3n) is 5.52. The third kappa shape index (κ3) is 3.35. The molecule has 1 unspecified atom stereocenters. The van der Waals surface area contributed by atoms with Crippen molar-refractivity contribution in [2.75, 3.05) is 32.8 Å². The molecule has 1 aromatic rings. The Bertz CT molecular complexity index is 710. The molecule has 4 rings (SSSR count). The van der Waals surface area contributed by atoms with Crippen LogP contribution in [0.2, 0.25) is 0 Å². The van der Waals surface area contributed by atoms with Crippen LogP contribution in [-0.4, -0.2) is 64.8 Å². The van der Waals surface area contributed by atoms with Gasteiger partial charge in [-0.3, -0.25) is 4.68 Å². The molecule has 0 spiro atoms. The number of rotatable bonds is 4. The minimum atomic E-state index is -3.49. The Morgan fingerprint density at radius 1 is 1.12 bits per heavy atom. The molecule has 2 fully saturated rings. The van der Waals surface area contributed by atoms with Crippen LogP contribution in [0.1, 0.15) is 43.2 Å². The molecule has 1 saturated carbocycles.